The highest BCUT2D eigenvalue weighted by Crippen LogP contribution is 2.22. The number of methoxy groups -OCH3 is 1. The van der Waals surface area contributed by atoms with Gasteiger partial charge >= 0.3 is 5.97 Å². The van der Waals surface area contributed by atoms with Crippen molar-refractivity contribution in [2.24, 2.45) is 0 Å². The predicted octanol–water partition coefficient (Wildman–Crippen LogP) is 2.17. The highest BCUT2D eigenvalue weighted by molar-refractivity contribution is 8.00. The molecule has 1 saturated heterocycles. The molecule has 26 heavy (non-hydrogen) atoms. The van der Waals surface area contributed by atoms with Crippen molar-refractivity contribution in [3.63, 3.8) is 0 Å². The standard InChI is InChI=1S/C17H22N4O2S3/c1-11-4-5-13(8-12(11)2)18-16-19-21(17(24)26-16)10-20-6-7-25-14(9-20)15(22)23-3/h4-5,8,14H,6-7,9-10H2,1-3H3,(H,18,19)/p+1/t14-/m1/s1. The molecular formula is C17H23N4O2S3+. The molecular weight excluding hydrogens is 388 g/mol. The Morgan fingerprint density at radius 1 is 1.46 bits per heavy atom. The first-order valence-corrected chi connectivity index (χ1v) is 10.7. The third kappa shape index (κ3) is 4.64. The van der Waals surface area contributed by atoms with E-state index in [1.165, 1.54) is 34.5 Å². The first-order chi connectivity index (χ1) is 12.5. The molecule has 1 unspecified atom stereocenters. The lowest BCUT2D eigenvalue weighted by molar-refractivity contribution is -0.921. The first-order valence-electron chi connectivity index (χ1n) is 8.41. The van der Waals surface area contributed by atoms with Crippen LogP contribution in [0.5, 0.6) is 0 Å². The summed E-state index contributed by atoms with van der Waals surface area (Å²) in [4.78, 5) is 13.1. The van der Waals surface area contributed by atoms with Crippen LogP contribution >= 0.6 is 35.3 Å². The summed E-state index contributed by atoms with van der Waals surface area (Å²) in [5.41, 5.74) is 3.51. The quantitative estimate of drug-likeness (QED) is 0.581. The van der Waals surface area contributed by atoms with E-state index in [0.29, 0.717) is 6.67 Å². The molecule has 2 atom stereocenters. The summed E-state index contributed by atoms with van der Waals surface area (Å²) in [6, 6.07) is 6.25. The Morgan fingerprint density at radius 2 is 2.27 bits per heavy atom. The van der Waals surface area contributed by atoms with Crippen molar-refractivity contribution >= 4 is 52.1 Å². The van der Waals surface area contributed by atoms with Crippen molar-refractivity contribution in [3.8, 4) is 0 Å². The molecule has 0 saturated carbocycles. The number of quaternary nitrogens is 1. The molecule has 3 rings (SSSR count). The van der Waals surface area contributed by atoms with E-state index in [0.717, 1.165) is 33.6 Å². The van der Waals surface area contributed by atoms with Crippen molar-refractivity contribution in [1.82, 2.24) is 9.78 Å². The molecule has 2 aromatic rings. The lowest BCUT2D eigenvalue weighted by Gasteiger charge is -2.27. The number of nitrogens with one attached hydrogen (secondary N) is 2. The number of hydrogen-bond acceptors (Lipinski definition) is 7. The Balaban J connectivity index is 1.67. The molecule has 1 aromatic heterocycles. The zero-order valence-corrected chi connectivity index (χ0v) is 17.5. The van der Waals surface area contributed by atoms with Crippen LogP contribution in [0, 0.1) is 17.8 Å². The Labute approximate surface area is 166 Å². The van der Waals surface area contributed by atoms with Crippen molar-refractivity contribution < 1.29 is 14.4 Å². The molecule has 0 aliphatic carbocycles. The van der Waals surface area contributed by atoms with Gasteiger partial charge in [-0.2, -0.15) is 4.68 Å². The fourth-order valence-corrected chi connectivity index (χ4v) is 5.11. The highest BCUT2D eigenvalue weighted by Gasteiger charge is 2.30. The molecule has 1 aromatic carbocycles. The number of carbonyl (C=O) groups excluding carboxylic acids is 1. The third-order valence-corrected chi connectivity index (χ3v) is 6.88. The second-order valence-corrected chi connectivity index (χ2v) is 9.27. The number of carbonyl (C=O) groups is 1. The summed E-state index contributed by atoms with van der Waals surface area (Å²) >= 11 is 8.60. The van der Waals surface area contributed by atoms with Crippen LogP contribution in [-0.2, 0) is 16.2 Å². The molecule has 2 N–H and O–H groups in total. The van der Waals surface area contributed by atoms with E-state index in [2.05, 4.69) is 36.4 Å². The Hall–Kier alpha value is -1.42. The maximum Gasteiger partial charge on any atom is 0.324 e. The molecule has 1 aliphatic rings. The molecule has 0 amide bonds. The summed E-state index contributed by atoms with van der Waals surface area (Å²) in [7, 11) is 1.44. The predicted molar refractivity (Wildman–Crippen MR) is 109 cm³/mol. The second kappa shape index (κ2) is 8.51. The molecule has 0 spiro atoms. The number of aromatic nitrogens is 2. The Bertz CT molecular complexity index is 849. The Morgan fingerprint density at radius 3 is 3.00 bits per heavy atom. The van der Waals surface area contributed by atoms with Gasteiger partial charge in [0.15, 0.2) is 15.9 Å². The number of esters is 1. The van der Waals surface area contributed by atoms with Gasteiger partial charge in [-0.25, -0.2) is 0 Å². The average Bonchev–Trinajstić information content (AvgIpc) is 2.96. The van der Waals surface area contributed by atoms with Gasteiger partial charge in [0.1, 0.15) is 6.54 Å². The molecule has 6 nitrogen and oxygen atoms in total. The second-order valence-electron chi connectivity index (χ2n) is 6.34. The van der Waals surface area contributed by atoms with E-state index >= 15 is 0 Å². The topological polar surface area (TPSA) is 60.6 Å². The van der Waals surface area contributed by atoms with Gasteiger partial charge in [-0.3, -0.25) is 4.79 Å². The van der Waals surface area contributed by atoms with Crippen LogP contribution in [0.15, 0.2) is 18.2 Å². The summed E-state index contributed by atoms with van der Waals surface area (Å²) in [5, 5.41) is 8.64. The number of aryl methyl sites for hydroxylation is 2. The summed E-state index contributed by atoms with van der Waals surface area (Å²) in [6.07, 6.45) is 0. The van der Waals surface area contributed by atoms with Crippen LogP contribution in [0.1, 0.15) is 11.1 Å². The van der Waals surface area contributed by atoms with Crippen LogP contribution in [0.25, 0.3) is 0 Å². The first kappa shape index (κ1) is 19.3. The third-order valence-electron chi connectivity index (χ3n) is 4.45. The van der Waals surface area contributed by atoms with Gasteiger partial charge in [0.25, 0.3) is 0 Å². The normalized spacial score (nSPS) is 20.0. The molecule has 140 valence electrons. The number of benzene rings is 1. The summed E-state index contributed by atoms with van der Waals surface area (Å²) < 4.78 is 7.46. The lowest BCUT2D eigenvalue weighted by atomic mass is 10.1. The minimum absolute atomic E-state index is 0.107. The minimum atomic E-state index is -0.147. The van der Waals surface area contributed by atoms with Gasteiger partial charge in [0.2, 0.25) is 5.13 Å². The smallest absolute Gasteiger partial charge is 0.324 e. The largest absolute Gasteiger partial charge is 0.468 e. The molecule has 1 fully saturated rings. The molecule has 9 heteroatoms. The minimum Gasteiger partial charge on any atom is -0.468 e. The fraction of sp³-hybridized carbons (Fsp3) is 0.471. The maximum atomic E-state index is 11.8. The van der Waals surface area contributed by atoms with Crippen molar-refractivity contribution in [2.45, 2.75) is 25.8 Å². The van der Waals surface area contributed by atoms with E-state index in [4.69, 9.17) is 17.0 Å². The summed E-state index contributed by atoms with van der Waals surface area (Å²) in [6.45, 7) is 6.57. The number of nitrogens with zero attached hydrogens (tertiary/aromatic N) is 2. The SMILES string of the molecule is COC(=O)[C@H]1C[NH+](Cn2nc(Nc3ccc(C)c(C)c3)sc2=S)CCS1. The summed E-state index contributed by atoms with van der Waals surface area (Å²) in [5.74, 6) is 0.784. The molecule has 1 aliphatic heterocycles. The fourth-order valence-electron chi connectivity index (χ4n) is 2.81. The molecule has 0 bridgehead atoms. The number of thioether (sulfide) groups is 1. The highest BCUT2D eigenvalue weighted by atomic mass is 32.2. The van der Waals surface area contributed by atoms with Crippen molar-refractivity contribution in [1.29, 1.82) is 0 Å². The zero-order valence-electron chi connectivity index (χ0n) is 15.1. The van der Waals surface area contributed by atoms with E-state index in [-0.39, 0.29) is 11.2 Å². The number of rotatable bonds is 5. The maximum absolute atomic E-state index is 11.8. The van der Waals surface area contributed by atoms with E-state index < -0.39 is 0 Å². The van der Waals surface area contributed by atoms with Crippen molar-refractivity contribution in [3.05, 3.63) is 33.3 Å². The van der Waals surface area contributed by atoms with Crippen LogP contribution in [-0.4, -0.2) is 47.0 Å². The zero-order chi connectivity index (χ0) is 18.7. The van der Waals surface area contributed by atoms with Gasteiger partial charge in [-0.1, -0.05) is 17.4 Å². The van der Waals surface area contributed by atoms with Crippen LogP contribution < -0.4 is 10.2 Å². The van der Waals surface area contributed by atoms with Crippen LogP contribution in [0.2, 0.25) is 0 Å². The van der Waals surface area contributed by atoms with E-state index in [1.807, 2.05) is 10.7 Å². The van der Waals surface area contributed by atoms with Gasteiger partial charge in [-0.05, 0) is 49.3 Å². The van der Waals surface area contributed by atoms with E-state index in [1.54, 1.807) is 11.8 Å². The monoisotopic (exact) mass is 411 g/mol. The van der Waals surface area contributed by atoms with Gasteiger partial charge in [0, 0.05) is 11.4 Å². The number of hydrogen-bond donors (Lipinski definition) is 2. The number of anilines is 2. The Kier molecular flexibility index (Phi) is 6.33. The van der Waals surface area contributed by atoms with Crippen molar-refractivity contribution in [2.75, 3.05) is 31.3 Å². The van der Waals surface area contributed by atoms with Crippen LogP contribution in [0.3, 0.4) is 0 Å². The van der Waals surface area contributed by atoms with Gasteiger partial charge < -0.3 is 15.0 Å². The van der Waals surface area contributed by atoms with Gasteiger partial charge in [0.05, 0.1) is 13.7 Å². The molecule has 0 radical (unpaired) electrons. The average molecular weight is 412 g/mol. The van der Waals surface area contributed by atoms with Crippen LogP contribution in [0.4, 0.5) is 10.8 Å². The van der Waals surface area contributed by atoms with Gasteiger partial charge in [-0.15, -0.1) is 16.9 Å². The molecule has 2 heterocycles. The lowest BCUT2D eigenvalue weighted by Crippen LogP contribution is -3.14. The number of ether oxygens (including phenoxy) is 1. The van der Waals surface area contributed by atoms with E-state index in [9.17, 15) is 4.79 Å².